The Morgan fingerprint density at radius 3 is 1.31 bits per heavy atom. The third-order valence-corrected chi connectivity index (χ3v) is 11.9. The van der Waals surface area contributed by atoms with Gasteiger partial charge in [0.15, 0.2) is 0 Å². The van der Waals surface area contributed by atoms with Gasteiger partial charge in [0.1, 0.15) is 6.10 Å². The summed E-state index contributed by atoms with van der Waals surface area (Å²) in [5, 5.41) is 23.7. The van der Waals surface area contributed by atoms with Crippen LogP contribution in [0.25, 0.3) is 0 Å². The van der Waals surface area contributed by atoms with Crippen LogP contribution in [0.1, 0.15) is 265 Å². The highest BCUT2D eigenvalue weighted by molar-refractivity contribution is 5.77. The van der Waals surface area contributed by atoms with Gasteiger partial charge < -0.3 is 20.3 Å². The highest BCUT2D eigenvalue weighted by atomic mass is 16.5. The second-order valence-corrected chi connectivity index (χ2v) is 18.0. The number of unbranched alkanes of at least 4 members (excludes halogenated alkanes) is 29. The van der Waals surface area contributed by atoms with Gasteiger partial charge in [-0.25, -0.2) is 0 Å². The summed E-state index contributed by atoms with van der Waals surface area (Å²) in [5.41, 5.74) is 0. The first-order valence-electron chi connectivity index (χ1n) is 26.4. The summed E-state index contributed by atoms with van der Waals surface area (Å²) in [4.78, 5) is 26.1. The van der Waals surface area contributed by atoms with Crippen LogP contribution in [-0.2, 0) is 14.3 Å². The fourth-order valence-corrected chi connectivity index (χ4v) is 7.90. The highest BCUT2D eigenvalue weighted by Gasteiger charge is 2.24. The van der Waals surface area contributed by atoms with Crippen molar-refractivity contribution in [3.8, 4) is 0 Å². The first-order valence-corrected chi connectivity index (χ1v) is 26.4. The molecule has 3 N–H and O–H groups in total. The quantitative estimate of drug-likeness (QED) is 0.0245. The molecule has 0 radical (unpaired) electrons. The van der Waals surface area contributed by atoms with Gasteiger partial charge in [-0.3, -0.25) is 9.59 Å². The summed E-state index contributed by atoms with van der Waals surface area (Å²) < 4.78 is 5.92. The minimum Gasteiger partial charge on any atom is -0.462 e. The molecule has 0 heterocycles. The summed E-state index contributed by atoms with van der Waals surface area (Å²) in [6, 6.07) is -0.712. The molecule has 0 saturated heterocycles. The van der Waals surface area contributed by atoms with Gasteiger partial charge in [-0.05, 0) is 77.0 Å². The Bertz CT molecular complexity index is 1050. The minimum atomic E-state index is -0.796. The van der Waals surface area contributed by atoms with Crippen molar-refractivity contribution >= 4 is 11.9 Å². The van der Waals surface area contributed by atoms with Crippen LogP contribution >= 0.6 is 0 Å². The van der Waals surface area contributed by atoms with Crippen molar-refractivity contribution in [2.24, 2.45) is 0 Å². The average Bonchev–Trinajstić information content (AvgIpc) is 3.25. The molecule has 0 aliphatic rings. The van der Waals surface area contributed by atoms with Crippen LogP contribution in [0, 0.1) is 0 Å². The van der Waals surface area contributed by atoms with Crippen molar-refractivity contribution in [2.45, 2.75) is 283 Å². The first kappa shape index (κ1) is 58.8. The van der Waals surface area contributed by atoms with Crippen molar-refractivity contribution in [2.75, 3.05) is 6.61 Å². The van der Waals surface area contributed by atoms with Crippen molar-refractivity contribution in [3.63, 3.8) is 0 Å². The van der Waals surface area contributed by atoms with E-state index < -0.39 is 18.2 Å². The van der Waals surface area contributed by atoms with Crippen molar-refractivity contribution < 1.29 is 24.5 Å². The van der Waals surface area contributed by atoms with Gasteiger partial charge in [0.2, 0.25) is 5.91 Å². The molecule has 3 unspecified atom stereocenters. The summed E-state index contributed by atoms with van der Waals surface area (Å²) in [6.45, 7) is 6.44. The lowest BCUT2D eigenvalue weighted by Gasteiger charge is -2.24. The number of allylic oxidation sites excluding steroid dienone is 8. The van der Waals surface area contributed by atoms with E-state index in [1.54, 1.807) is 0 Å². The number of amides is 1. The van der Waals surface area contributed by atoms with E-state index in [-0.39, 0.29) is 24.9 Å². The SMILES string of the molecule is CCCCCCC/C=C/C=C/C=C/CCCCCC(CC(=O)NC(CO)C(O)CCCCCCCCCCC)OC(=O)CCCCCCCCC/C=C/CCCCCCCC. The number of esters is 1. The Kier molecular flexibility index (Phi) is 47.1. The van der Waals surface area contributed by atoms with E-state index in [4.69, 9.17) is 4.74 Å². The van der Waals surface area contributed by atoms with Crippen molar-refractivity contribution in [1.82, 2.24) is 5.32 Å². The molecule has 0 aromatic rings. The Morgan fingerprint density at radius 1 is 0.475 bits per heavy atom. The molecule has 0 aromatic carbocycles. The largest absolute Gasteiger partial charge is 0.462 e. The van der Waals surface area contributed by atoms with E-state index in [0.29, 0.717) is 19.3 Å². The number of rotatable bonds is 47. The summed E-state index contributed by atoms with van der Waals surface area (Å²) in [6.07, 6.45) is 58.9. The topological polar surface area (TPSA) is 95.9 Å². The smallest absolute Gasteiger partial charge is 0.306 e. The molecular formula is C55H101NO5. The monoisotopic (exact) mass is 856 g/mol. The third-order valence-electron chi connectivity index (χ3n) is 11.9. The van der Waals surface area contributed by atoms with Crippen LogP contribution < -0.4 is 5.32 Å². The molecule has 61 heavy (non-hydrogen) atoms. The predicted molar refractivity (Wildman–Crippen MR) is 264 cm³/mol. The Balaban J connectivity index is 4.63. The Labute approximate surface area is 378 Å². The van der Waals surface area contributed by atoms with Crippen LogP contribution in [0.2, 0.25) is 0 Å². The lowest BCUT2D eigenvalue weighted by molar-refractivity contribution is -0.151. The van der Waals surface area contributed by atoms with E-state index >= 15 is 0 Å². The molecule has 0 aliphatic heterocycles. The fourth-order valence-electron chi connectivity index (χ4n) is 7.90. The van der Waals surface area contributed by atoms with E-state index in [2.05, 4.69) is 74.7 Å². The van der Waals surface area contributed by atoms with Gasteiger partial charge >= 0.3 is 5.97 Å². The number of hydrogen-bond acceptors (Lipinski definition) is 5. The molecule has 0 bridgehead atoms. The molecule has 0 saturated carbocycles. The lowest BCUT2D eigenvalue weighted by Crippen LogP contribution is -2.46. The number of hydrogen-bond donors (Lipinski definition) is 3. The standard InChI is InChI=1S/C55H101NO5/c1-4-7-10-13-16-19-21-23-25-27-29-31-33-36-39-42-45-48-55(60)61-51(46-43-40-37-35-32-30-28-26-24-22-20-17-14-11-8-5-2)49-54(59)56-52(50-57)53(58)47-44-41-38-34-18-15-12-9-6-3/h22-26,28,30,32,51-53,57-58H,4-21,27,29,31,33-50H2,1-3H3,(H,56,59)/b24-22+,25-23+,28-26+,32-30+. The minimum absolute atomic E-state index is 0.0538. The number of aliphatic hydroxyl groups is 2. The predicted octanol–water partition coefficient (Wildman–Crippen LogP) is 15.8. The van der Waals surface area contributed by atoms with Crippen LogP contribution in [0.3, 0.4) is 0 Å². The highest BCUT2D eigenvalue weighted by Crippen LogP contribution is 2.17. The summed E-state index contributed by atoms with van der Waals surface area (Å²) >= 11 is 0. The van der Waals surface area contributed by atoms with E-state index in [1.165, 1.54) is 148 Å². The molecule has 3 atom stereocenters. The van der Waals surface area contributed by atoms with Crippen LogP contribution in [0.15, 0.2) is 48.6 Å². The Morgan fingerprint density at radius 2 is 0.852 bits per heavy atom. The summed E-state index contributed by atoms with van der Waals surface area (Å²) in [7, 11) is 0. The van der Waals surface area contributed by atoms with Crippen molar-refractivity contribution in [1.29, 1.82) is 0 Å². The molecule has 0 aliphatic carbocycles. The molecule has 0 aromatic heterocycles. The average molecular weight is 856 g/mol. The second kappa shape index (κ2) is 48.8. The van der Waals surface area contributed by atoms with E-state index in [1.807, 2.05) is 0 Å². The Hall–Kier alpha value is -2.18. The van der Waals surface area contributed by atoms with Gasteiger partial charge in [0.05, 0.1) is 25.2 Å². The fraction of sp³-hybridized carbons (Fsp3) is 0.818. The molecule has 6 nitrogen and oxygen atoms in total. The molecule has 0 fully saturated rings. The molecule has 6 heteroatoms. The zero-order valence-corrected chi connectivity index (χ0v) is 40.5. The normalized spacial score (nSPS) is 13.6. The van der Waals surface area contributed by atoms with Crippen LogP contribution in [0.5, 0.6) is 0 Å². The number of ether oxygens (including phenoxy) is 1. The van der Waals surface area contributed by atoms with E-state index in [9.17, 15) is 19.8 Å². The van der Waals surface area contributed by atoms with Gasteiger partial charge in [-0.15, -0.1) is 0 Å². The first-order chi connectivity index (χ1) is 30.0. The molecule has 1 amide bonds. The third kappa shape index (κ3) is 44.2. The zero-order valence-electron chi connectivity index (χ0n) is 40.5. The molecular weight excluding hydrogens is 755 g/mol. The molecule has 356 valence electrons. The van der Waals surface area contributed by atoms with Crippen molar-refractivity contribution in [3.05, 3.63) is 48.6 Å². The maximum absolute atomic E-state index is 13.2. The maximum Gasteiger partial charge on any atom is 0.306 e. The van der Waals surface area contributed by atoms with Gasteiger partial charge in [-0.2, -0.15) is 0 Å². The zero-order chi connectivity index (χ0) is 44.5. The number of carbonyl (C=O) groups excluding carboxylic acids is 2. The summed E-state index contributed by atoms with van der Waals surface area (Å²) in [5.74, 6) is -0.508. The molecule has 0 rings (SSSR count). The van der Waals surface area contributed by atoms with Gasteiger partial charge in [0.25, 0.3) is 0 Å². The van der Waals surface area contributed by atoms with Gasteiger partial charge in [-0.1, -0.05) is 223 Å². The van der Waals surface area contributed by atoms with Crippen LogP contribution in [-0.4, -0.2) is 46.9 Å². The lowest BCUT2D eigenvalue weighted by atomic mass is 10.0. The van der Waals surface area contributed by atoms with Crippen LogP contribution in [0.4, 0.5) is 0 Å². The number of nitrogens with one attached hydrogen (secondary N) is 1. The number of carbonyl (C=O) groups is 2. The van der Waals surface area contributed by atoms with Gasteiger partial charge in [0, 0.05) is 6.42 Å². The number of aliphatic hydroxyl groups excluding tert-OH is 2. The molecule has 0 spiro atoms. The van der Waals surface area contributed by atoms with E-state index in [0.717, 1.165) is 70.6 Å². The second-order valence-electron chi connectivity index (χ2n) is 18.0. The maximum atomic E-state index is 13.2.